The first-order valence-corrected chi connectivity index (χ1v) is 8.62. The van der Waals surface area contributed by atoms with Crippen LogP contribution < -0.4 is 10.6 Å². The van der Waals surface area contributed by atoms with Crippen molar-refractivity contribution in [1.29, 1.82) is 0 Å². The number of ether oxygens (including phenoxy) is 1. The Morgan fingerprint density at radius 1 is 1.44 bits per heavy atom. The van der Waals surface area contributed by atoms with E-state index in [1.54, 1.807) is 23.1 Å². The van der Waals surface area contributed by atoms with Crippen LogP contribution in [-0.2, 0) is 16.8 Å². The minimum atomic E-state index is -0.458. The molecule has 0 bridgehead atoms. The van der Waals surface area contributed by atoms with E-state index in [4.69, 9.17) is 4.74 Å². The molecule has 1 atom stereocenters. The van der Waals surface area contributed by atoms with Crippen molar-refractivity contribution in [3.05, 3.63) is 48.0 Å². The molecule has 1 aliphatic carbocycles. The van der Waals surface area contributed by atoms with Crippen LogP contribution in [-0.4, -0.2) is 28.5 Å². The summed E-state index contributed by atoms with van der Waals surface area (Å²) in [5.74, 6) is -0.290. The molecule has 2 aliphatic rings. The fourth-order valence-corrected chi connectivity index (χ4v) is 3.30. The molecule has 1 unspecified atom stereocenters. The Kier molecular flexibility index (Phi) is 4.17. The number of carbonyl (C=O) groups is 1. The van der Waals surface area contributed by atoms with Crippen molar-refractivity contribution >= 4 is 11.7 Å². The quantitative estimate of drug-likeness (QED) is 0.876. The molecule has 1 saturated carbocycles. The van der Waals surface area contributed by atoms with Crippen molar-refractivity contribution < 1.29 is 13.9 Å². The summed E-state index contributed by atoms with van der Waals surface area (Å²) in [5, 5.41) is 10.0. The summed E-state index contributed by atoms with van der Waals surface area (Å²) in [4.78, 5) is 12.3. The summed E-state index contributed by atoms with van der Waals surface area (Å²) in [5.41, 5.74) is 0.974. The first kappa shape index (κ1) is 16.1. The Bertz CT molecular complexity index is 766. The molecule has 2 N–H and O–H groups in total. The van der Waals surface area contributed by atoms with E-state index in [0.717, 1.165) is 37.9 Å². The van der Waals surface area contributed by atoms with Crippen molar-refractivity contribution in [3.63, 3.8) is 0 Å². The van der Waals surface area contributed by atoms with E-state index in [1.165, 1.54) is 12.1 Å². The minimum Gasteiger partial charge on any atom is -0.376 e. The number of carbonyl (C=O) groups excluding carboxylic acids is 1. The maximum Gasteiger partial charge on any atom is 0.320 e. The van der Waals surface area contributed by atoms with Crippen molar-refractivity contribution in [2.75, 3.05) is 11.9 Å². The number of anilines is 1. The Morgan fingerprint density at radius 2 is 2.32 bits per heavy atom. The van der Waals surface area contributed by atoms with Crippen LogP contribution in [0.2, 0.25) is 0 Å². The zero-order valence-electron chi connectivity index (χ0n) is 13.9. The van der Waals surface area contributed by atoms with Gasteiger partial charge in [0.1, 0.15) is 5.82 Å². The topological polar surface area (TPSA) is 68.2 Å². The van der Waals surface area contributed by atoms with Gasteiger partial charge in [0.25, 0.3) is 0 Å². The van der Waals surface area contributed by atoms with E-state index < -0.39 is 5.54 Å². The molecule has 2 aromatic rings. The summed E-state index contributed by atoms with van der Waals surface area (Å²) in [6.07, 6.45) is 7.36. The monoisotopic (exact) mass is 344 g/mol. The van der Waals surface area contributed by atoms with Crippen LogP contribution in [0.15, 0.2) is 36.7 Å². The second kappa shape index (κ2) is 6.48. The number of aromatic nitrogens is 2. The van der Waals surface area contributed by atoms with Crippen LogP contribution in [0.25, 0.3) is 0 Å². The average Bonchev–Trinajstić information content (AvgIpc) is 2.98. The molecular formula is C18H21FN4O2. The van der Waals surface area contributed by atoms with Gasteiger partial charge in [-0.05, 0) is 43.4 Å². The number of benzene rings is 1. The number of amides is 2. The molecule has 2 fully saturated rings. The first-order chi connectivity index (χ1) is 12.1. The third kappa shape index (κ3) is 3.66. The lowest BCUT2D eigenvalue weighted by Crippen LogP contribution is -2.38. The highest BCUT2D eigenvalue weighted by Crippen LogP contribution is 2.45. The van der Waals surface area contributed by atoms with E-state index in [1.807, 2.05) is 6.07 Å². The summed E-state index contributed by atoms with van der Waals surface area (Å²) in [6.45, 7) is 1.50. The normalized spacial score (nSPS) is 21.1. The van der Waals surface area contributed by atoms with Gasteiger partial charge in [0.05, 0.1) is 30.1 Å². The molecule has 1 saturated heterocycles. The molecule has 4 rings (SSSR count). The fraction of sp³-hybridized carbons (Fsp3) is 0.444. The van der Waals surface area contributed by atoms with Crippen molar-refractivity contribution in [1.82, 2.24) is 15.1 Å². The lowest BCUT2D eigenvalue weighted by Gasteiger charge is -2.18. The van der Waals surface area contributed by atoms with Crippen LogP contribution in [0, 0.1) is 5.82 Å². The lowest BCUT2D eigenvalue weighted by atomic mass is 10.1. The van der Waals surface area contributed by atoms with Crippen molar-refractivity contribution in [2.24, 2.45) is 0 Å². The molecule has 6 nitrogen and oxygen atoms in total. The van der Waals surface area contributed by atoms with Crippen molar-refractivity contribution in [2.45, 2.75) is 43.9 Å². The number of rotatable bonds is 5. The predicted molar refractivity (Wildman–Crippen MR) is 90.7 cm³/mol. The molecule has 2 amide bonds. The van der Waals surface area contributed by atoms with E-state index in [2.05, 4.69) is 15.7 Å². The van der Waals surface area contributed by atoms with Gasteiger partial charge in [-0.3, -0.25) is 4.68 Å². The number of halogens is 1. The maximum absolute atomic E-state index is 13.4. The molecular weight excluding hydrogens is 323 g/mol. The zero-order chi connectivity index (χ0) is 17.3. The molecule has 7 heteroatoms. The smallest absolute Gasteiger partial charge is 0.320 e. The summed E-state index contributed by atoms with van der Waals surface area (Å²) < 4.78 is 20.8. The van der Waals surface area contributed by atoms with Crippen LogP contribution in [0.1, 0.15) is 31.2 Å². The zero-order valence-corrected chi connectivity index (χ0v) is 13.9. The van der Waals surface area contributed by atoms with Crippen LogP contribution in [0.5, 0.6) is 0 Å². The van der Waals surface area contributed by atoms with Gasteiger partial charge in [0, 0.05) is 12.8 Å². The van der Waals surface area contributed by atoms with Gasteiger partial charge in [-0.15, -0.1) is 0 Å². The number of nitrogens with zero attached hydrogens (tertiary/aromatic N) is 2. The first-order valence-electron chi connectivity index (χ1n) is 8.62. The van der Waals surface area contributed by atoms with Gasteiger partial charge < -0.3 is 15.4 Å². The number of urea groups is 1. The minimum absolute atomic E-state index is 0.198. The van der Waals surface area contributed by atoms with Gasteiger partial charge >= 0.3 is 6.03 Å². The van der Waals surface area contributed by atoms with Crippen LogP contribution in [0.4, 0.5) is 14.9 Å². The molecule has 1 aromatic carbocycles. The molecule has 1 aromatic heterocycles. The molecule has 2 heterocycles. The SMILES string of the molecule is O=C(Nc1cnn(CC2CCCO2)c1)NC1(c2cccc(F)c2)CC1. The summed E-state index contributed by atoms with van der Waals surface area (Å²) in [7, 11) is 0. The number of hydrogen-bond acceptors (Lipinski definition) is 3. The number of hydrogen-bond donors (Lipinski definition) is 2. The average molecular weight is 344 g/mol. The number of nitrogens with one attached hydrogen (secondary N) is 2. The second-order valence-electron chi connectivity index (χ2n) is 6.76. The maximum atomic E-state index is 13.4. The van der Waals surface area contributed by atoms with E-state index in [0.29, 0.717) is 12.2 Å². The van der Waals surface area contributed by atoms with E-state index in [9.17, 15) is 9.18 Å². The van der Waals surface area contributed by atoms with Gasteiger partial charge in [0.15, 0.2) is 0 Å². The second-order valence-corrected chi connectivity index (χ2v) is 6.76. The molecule has 132 valence electrons. The highest BCUT2D eigenvalue weighted by Gasteiger charge is 2.45. The van der Waals surface area contributed by atoms with Gasteiger partial charge in [-0.2, -0.15) is 5.10 Å². The molecule has 0 radical (unpaired) electrons. The summed E-state index contributed by atoms with van der Waals surface area (Å²) >= 11 is 0. The molecule has 0 spiro atoms. The highest BCUT2D eigenvalue weighted by atomic mass is 19.1. The third-order valence-corrected chi connectivity index (χ3v) is 4.79. The predicted octanol–water partition coefficient (Wildman–Crippen LogP) is 3.01. The third-order valence-electron chi connectivity index (χ3n) is 4.79. The van der Waals surface area contributed by atoms with Crippen LogP contribution in [0.3, 0.4) is 0 Å². The van der Waals surface area contributed by atoms with E-state index in [-0.39, 0.29) is 18.0 Å². The van der Waals surface area contributed by atoms with Crippen molar-refractivity contribution in [3.8, 4) is 0 Å². The van der Waals surface area contributed by atoms with E-state index >= 15 is 0 Å². The van der Waals surface area contributed by atoms with Gasteiger partial charge in [-0.25, -0.2) is 9.18 Å². The fourth-order valence-electron chi connectivity index (χ4n) is 3.30. The lowest BCUT2D eigenvalue weighted by molar-refractivity contribution is 0.0940. The largest absolute Gasteiger partial charge is 0.376 e. The van der Waals surface area contributed by atoms with Gasteiger partial charge in [0.2, 0.25) is 0 Å². The van der Waals surface area contributed by atoms with Crippen LogP contribution >= 0.6 is 0 Å². The molecule has 25 heavy (non-hydrogen) atoms. The Hall–Kier alpha value is -2.41. The standard InChI is InChI=1S/C18H21FN4O2/c19-14-4-1-3-13(9-14)18(6-7-18)22-17(24)21-15-10-20-23(11-15)12-16-5-2-8-25-16/h1,3-4,9-11,16H,2,5-8,12H2,(H2,21,22,24). The Morgan fingerprint density at radius 3 is 3.04 bits per heavy atom. The molecule has 1 aliphatic heterocycles. The van der Waals surface area contributed by atoms with Gasteiger partial charge in [-0.1, -0.05) is 12.1 Å². The Balaban J connectivity index is 1.35. The highest BCUT2D eigenvalue weighted by molar-refractivity contribution is 5.89. The summed E-state index contributed by atoms with van der Waals surface area (Å²) in [6, 6.07) is 6.09. The Labute approximate surface area is 145 Å².